The Morgan fingerprint density at radius 2 is 1.61 bits per heavy atom. The number of carboxylic acids is 1. The van der Waals surface area contributed by atoms with Gasteiger partial charge >= 0.3 is 11.9 Å². The molecule has 1 aliphatic rings. The summed E-state index contributed by atoms with van der Waals surface area (Å²) >= 11 is 0. The molecule has 0 bridgehead atoms. The van der Waals surface area contributed by atoms with Crippen LogP contribution in [0.5, 0.6) is 0 Å². The summed E-state index contributed by atoms with van der Waals surface area (Å²) in [4.78, 5) is 23.5. The van der Waals surface area contributed by atoms with Gasteiger partial charge in [-0.25, -0.2) is 9.59 Å². The van der Waals surface area contributed by atoms with E-state index in [9.17, 15) is 14.7 Å². The molecule has 1 N–H and O–H groups in total. The fraction of sp³-hybridized carbons (Fsp3) is 0.636. The molecule has 0 unspecified atom stereocenters. The normalized spacial score (nSPS) is 14.8. The number of carboxylic acid groups (broad SMARTS) is 1. The van der Waals surface area contributed by atoms with E-state index in [-0.39, 0.29) is 24.3 Å². The van der Waals surface area contributed by atoms with Crippen LogP contribution in [0, 0.1) is 19.8 Å². The van der Waals surface area contributed by atoms with E-state index in [0.29, 0.717) is 24.3 Å². The van der Waals surface area contributed by atoms with Crippen LogP contribution in [0.1, 0.15) is 70.4 Å². The first-order valence-electron chi connectivity index (χ1n) is 10.2. The molecule has 1 aromatic carbocycles. The zero-order valence-electron chi connectivity index (χ0n) is 17.0. The summed E-state index contributed by atoms with van der Waals surface area (Å²) in [5.41, 5.74) is 1.46. The second-order valence-corrected chi connectivity index (χ2v) is 7.39. The van der Waals surface area contributed by atoms with Crippen LogP contribution in [0.4, 0.5) is 0 Å². The van der Waals surface area contributed by atoms with E-state index in [1.54, 1.807) is 26.0 Å². The van der Waals surface area contributed by atoms with Gasteiger partial charge in [0.15, 0.2) is 0 Å². The van der Waals surface area contributed by atoms with Gasteiger partial charge in [-0.15, -0.1) is 0 Å². The second kappa shape index (κ2) is 11.8. The molecule has 28 heavy (non-hydrogen) atoms. The van der Waals surface area contributed by atoms with Gasteiger partial charge in [0, 0.05) is 6.61 Å². The SMILES string of the molecule is Cc1ccc(C(=O)OCCOCCOCCC2CCCCC2)c(C)c1C(=O)O. The van der Waals surface area contributed by atoms with Crippen LogP contribution in [-0.4, -0.2) is 50.1 Å². The van der Waals surface area contributed by atoms with Crippen LogP contribution in [0.3, 0.4) is 0 Å². The fourth-order valence-electron chi connectivity index (χ4n) is 3.72. The maximum Gasteiger partial charge on any atom is 0.338 e. The van der Waals surface area contributed by atoms with Crippen LogP contribution >= 0.6 is 0 Å². The molecule has 6 nitrogen and oxygen atoms in total. The van der Waals surface area contributed by atoms with Gasteiger partial charge in [-0.3, -0.25) is 0 Å². The number of aryl methyl sites for hydroxylation is 1. The van der Waals surface area contributed by atoms with E-state index < -0.39 is 11.9 Å². The molecular weight excluding hydrogens is 360 g/mol. The average molecular weight is 392 g/mol. The minimum absolute atomic E-state index is 0.122. The molecule has 0 radical (unpaired) electrons. The predicted molar refractivity (Wildman–Crippen MR) is 106 cm³/mol. The van der Waals surface area contributed by atoms with E-state index in [0.717, 1.165) is 18.9 Å². The van der Waals surface area contributed by atoms with Crippen molar-refractivity contribution in [2.24, 2.45) is 5.92 Å². The highest BCUT2D eigenvalue weighted by Crippen LogP contribution is 2.26. The molecule has 0 atom stereocenters. The maximum atomic E-state index is 12.2. The van der Waals surface area contributed by atoms with Crippen molar-refractivity contribution >= 4 is 11.9 Å². The molecule has 156 valence electrons. The topological polar surface area (TPSA) is 82.1 Å². The number of aromatic carboxylic acids is 1. The third-order valence-corrected chi connectivity index (χ3v) is 5.34. The molecule has 1 aliphatic carbocycles. The molecule has 1 saturated carbocycles. The van der Waals surface area contributed by atoms with Crippen molar-refractivity contribution < 1.29 is 28.9 Å². The Kier molecular flexibility index (Phi) is 9.44. The summed E-state index contributed by atoms with van der Waals surface area (Å²) < 4.78 is 16.2. The Balaban J connectivity index is 1.58. The van der Waals surface area contributed by atoms with E-state index in [4.69, 9.17) is 14.2 Å². The molecule has 0 spiro atoms. The minimum atomic E-state index is -1.04. The standard InChI is InChI=1S/C22H32O6/c1-16-8-9-19(17(2)20(16)21(23)24)22(25)28-15-14-27-13-12-26-11-10-18-6-4-3-5-7-18/h8-9,18H,3-7,10-15H2,1-2H3,(H,23,24). The number of ether oxygens (including phenoxy) is 3. The van der Waals surface area contributed by atoms with Gasteiger partial charge in [0.1, 0.15) is 6.61 Å². The minimum Gasteiger partial charge on any atom is -0.478 e. The van der Waals surface area contributed by atoms with Gasteiger partial charge < -0.3 is 19.3 Å². The van der Waals surface area contributed by atoms with Crippen LogP contribution < -0.4 is 0 Å². The summed E-state index contributed by atoms with van der Waals surface area (Å²) in [6.45, 7) is 5.52. The number of esters is 1. The lowest BCUT2D eigenvalue weighted by Gasteiger charge is -2.21. The molecule has 2 rings (SSSR count). The van der Waals surface area contributed by atoms with Gasteiger partial charge in [-0.1, -0.05) is 38.2 Å². The van der Waals surface area contributed by atoms with E-state index in [1.807, 2.05) is 0 Å². The largest absolute Gasteiger partial charge is 0.478 e. The second-order valence-electron chi connectivity index (χ2n) is 7.39. The number of rotatable bonds is 11. The summed E-state index contributed by atoms with van der Waals surface area (Å²) in [7, 11) is 0. The van der Waals surface area contributed by atoms with Crippen LogP contribution in [0.2, 0.25) is 0 Å². The van der Waals surface area contributed by atoms with Gasteiger partial charge in [-0.2, -0.15) is 0 Å². The average Bonchev–Trinajstić information content (AvgIpc) is 2.67. The van der Waals surface area contributed by atoms with Crippen LogP contribution in [-0.2, 0) is 14.2 Å². The Hall–Kier alpha value is -1.92. The Bertz CT molecular complexity index is 649. The Labute approximate surface area is 167 Å². The first-order chi connectivity index (χ1) is 13.5. The monoisotopic (exact) mass is 392 g/mol. The fourth-order valence-corrected chi connectivity index (χ4v) is 3.72. The molecule has 1 aromatic rings. The molecule has 0 aliphatic heterocycles. The first kappa shape index (κ1) is 22.4. The van der Waals surface area contributed by atoms with E-state index in [2.05, 4.69) is 0 Å². The molecule has 0 saturated heterocycles. The highest BCUT2D eigenvalue weighted by atomic mass is 16.6. The van der Waals surface area contributed by atoms with Crippen LogP contribution in [0.15, 0.2) is 12.1 Å². The molecule has 6 heteroatoms. The molecular formula is C22H32O6. The van der Waals surface area contributed by atoms with Crippen molar-refractivity contribution in [2.45, 2.75) is 52.4 Å². The molecule has 1 fully saturated rings. The summed E-state index contributed by atoms with van der Waals surface area (Å²) in [5, 5.41) is 9.28. The zero-order valence-corrected chi connectivity index (χ0v) is 17.0. The van der Waals surface area contributed by atoms with Crippen molar-refractivity contribution in [3.63, 3.8) is 0 Å². The van der Waals surface area contributed by atoms with Crippen molar-refractivity contribution in [2.75, 3.05) is 33.0 Å². The van der Waals surface area contributed by atoms with Gasteiger partial charge in [0.2, 0.25) is 0 Å². The Morgan fingerprint density at radius 3 is 2.29 bits per heavy atom. The Morgan fingerprint density at radius 1 is 0.964 bits per heavy atom. The smallest absolute Gasteiger partial charge is 0.338 e. The van der Waals surface area contributed by atoms with E-state index in [1.165, 1.54) is 32.1 Å². The number of carbonyl (C=O) groups excluding carboxylic acids is 1. The highest BCUT2D eigenvalue weighted by molar-refractivity contribution is 5.98. The quantitative estimate of drug-likeness (QED) is 0.450. The van der Waals surface area contributed by atoms with E-state index >= 15 is 0 Å². The highest BCUT2D eigenvalue weighted by Gasteiger charge is 2.18. The lowest BCUT2D eigenvalue weighted by atomic mass is 9.87. The summed E-state index contributed by atoms with van der Waals surface area (Å²) in [6, 6.07) is 3.22. The van der Waals surface area contributed by atoms with Crippen LogP contribution in [0.25, 0.3) is 0 Å². The molecule has 0 aromatic heterocycles. The molecule has 0 amide bonds. The maximum absolute atomic E-state index is 12.2. The third kappa shape index (κ3) is 6.91. The van der Waals surface area contributed by atoms with Crippen molar-refractivity contribution in [3.05, 3.63) is 34.4 Å². The third-order valence-electron chi connectivity index (χ3n) is 5.34. The lowest BCUT2D eigenvalue weighted by molar-refractivity contribution is 0.0124. The number of hydrogen-bond acceptors (Lipinski definition) is 5. The van der Waals surface area contributed by atoms with Gasteiger partial charge in [-0.05, 0) is 43.4 Å². The predicted octanol–water partition coefficient (Wildman–Crippen LogP) is 4.16. The lowest BCUT2D eigenvalue weighted by Crippen LogP contribution is -2.16. The number of carbonyl (C=O) groups is 2. The first-order valence-corrected chi connectivity index (χ1v) is 10.2. The van der Waals surface area contributed by atoms with Crippen molar-refractivity contribution in [3.8, 4) is 0 Å². The van der Waals surface area contributed by atoms with Gasteiger partial charge in [0.05, 0.1) is 30.9 Å². The summed E-state index contributed by atoms with van der Waals surface area (Å²) in [5.74, 6) is -0.759. The zero-order chi connectivity index (χ0) is 20.4. The molecule has 0 heterocycles. The van der Waals surface area contributed by atoms with Crippen molar-refractivity contribution in [1.29, 1.82) is 0 Å². The van der Waals surface area contributed by atoms with Gasteiger partial charge in [0.25, 0.3) is 0 Å². The number of hydrogen-bond donors (Lipinski definition) is 1. The number of benzene rings is 1. The van der Waals surface area contributed by atoms with Crippen molar-refractivity contribution in [1.82, 2.24) is 0 Å². The summed E-state index contributed by atoms with van der Waals surface area (Å²) in [6.07, 6.45) is 7.88.